The maximum atomic E-state index is 5.38. The summed E-state index contributed by atoms with van der Waals surface area (Å²) in [5, 5.41) is 0. The Morgan fingerprint density at radius 1 is 1.00 bits per heavy atom. The first kappa shape index (κ1) is 8.71. The zero-order valence-electron chi connectivity index (χ0n) is 5.69. The fourth-order valence-corrected chi connectivity index (χ4v) is 1.22. The molecule has 1 heterocycles. The fraction of sp³-hybridized carbons (Fsp3) is 1.00. The zero-order chi connectivity index (χ0) is 7.40. The smallest absolute Gasteiger partial charge is 0.0897 e. The van der Waals surface area contributed by atoms with Crippen molar-refractivity contribution < 1.29 is 9.47 Å². The van der Waals surface area contributed by atoms with Gasteiger partial charge in [0.1, 0.15) is 0 Å². The van der Waals surface area contributed by atoms with Crippen molar-refractivity contribution in [2.45, 2.75) is 12.2 Å². The Morgan fingerprint density at radius 3 is 1.60 bits per heavy atom. The second kappa shape index (κ2) is 4.49. The van der Waals surface area contributed by atoms with E-state index < -0.39 is 0 Å². The third-order valence-electron chi connectivity index (χ3n) is 1.44. The second-order valence-electron chi connectivity index (χ2n) is 2.28. The summed E-state index contributed by atoms with van der Waals surface area (Å²) in [5.41, 5.74) is 0. The predicted octanol–water partition coefficient (Wildman–Crippen LogP) is 0.630. The molecule has 1 fully saturated rings. The highest BCUT2D eigenvalue weighted by atomic mass is 32.1. The van der Waals surface area contributed by atoms with E-state index in [0.29, 0.717) is 13.2 Å². The molecule has 1 aliphatic rings. The minimum atomic E-state index is 0.180. The van der Waals surface area contributed by atoms with Crippen LogP contribution in [0.2, 0.25) is 0 Å². The minimum absolute atomic E-state index is 0.180. The van der Waals surface area contributed by atoms with Gasteiger partial charge in [0.25, 0.3) is 0 Å². The normalized spacial score (nSPS) is 34.2. The highest BCUT2D eigenvalue weighted by Gasteiger charge is 2.19. The van der Waals surface area contributed by atoms with E-state index in [1.807, 2.05) is 0 Å². The van der Waals surface area contributed by atoms with E-state index in [4.69, 9.17) is 9.47 Å². The Kier molecular flexibility index (Phi) is 3.91. The summed E-state index contributed by atoms with van der Waals surface area (Å²) in [6.45, 7) is 1.32. The minimum Gasteiger partial charge on any atom is -0.372 e. The largest absolute Gasteiger partial charge is 0.372 e. The van der Waals surface area contributed by atoms with Crippen LogP contribution in [0.15, 0.2) is 0 Å². The van der Waals surface area contributed by atoms with Crippen molar-refractivity contribution >= 4 is 25.3 Å². The third-order valence-corrected chi connectivity index (χ3v) is 2.26. The van der Waals surface area contributed by atoms with Crippen LogP contribution in [0.4, 0.5) is 0 Å². The lowest BCUT2D eigenvalue weighted by Crippen LogP contribution is -2.37. The second-order valence-corrected chi connectivity index (χ2v) is 3.01. The van der Waals surface area contributed by atoms with E-state index >= 15 is 0 Å². The Bertz CT molecular complexity index is 79.7. The summed E-state index contributed by atoms with van der Waals surface area (Å²) in [6, 6.07) is 0. The molecule has 0 saturated carbocycles. The van der Waals surface area contributed by atoms with Crippen molar-refractivity contribution in [3.05, 3.63) is 0 Å². The monoisotopic (exact) mass is 180 g/mol. The number of thiol groups is 2. The summed E-state index contributed by atoms with van der Waals surface area (Å²) in [4.78, 5) is 0. The Balaban J connectivity index is 2.17. The van der Waals surface area contributed by atoms with Gasteiger partial charge in [-0.3, -0.25) is 0 Å². The quantitative estimate of drug-likeness (QED) is 0.607. The van der Waals surface area contributed by atoms with Crippen molar-refractivity contribution in [2.24, 2.45) is 0 Å². The van der Waals surface area contributed by atoms with Gasteiger partial charge in [0, 0.05) is 11.5 Å². The van der Waals surface area contributed by atoms with Crippen molar-refractivity contribution in [3.8, 4) is 0 Å². The van der Waals surface area contributed by atoms with Gasteiger partial charge in [-0.1, -0.05) is 0 Å². The first-order valence-corrected chi connectivity index (χ1v) is 4.58. The molecule has 0 aromatic rings. The van der Waals surface area contributed by atoms with Crippen molar-refractivity contribution in [3.63, 3.8) is 0 Å². The molecule has 0 aliphatic carbocycles. The van der Waals surface area contributed by atoms with Gasteiger partial charge in [0.05, 0.1) is 25.4 Å². The molecule has 2 unspecified atom stereocenters. The fourth-order valence-electron chi connectivity index (χ4n) is 0.794. The van der Waals surface area contributed by atoms with Crippen LogP contribution < -0.4 is 0 Å². The number of hydrogen-bond acceptors (Lipinski definition) is 4. The molecule has 0 bridgehead atoms. The molecule has 0 radical (unpaired) electrons. The van der Waals surface area contributed by atoms with Gasteiger partial charge in [-0.2, -0.15) is 25.3 Å². The molecular weight excluding hydrogens is 168 g/mol. The van der Waals surface area contributed by atoms with E-state index in [0.717, 1.165) is 11.5 Å². The van der Waals surface area contributed by atoms with Crippen LogP contribution in [0.5, 0.6) is 0 Å². The van der Waals surface area contributed by atoms with Crippen molar-refractivity contribution in [1.82, 2.24) is 0 Å². The number of rotatable bonds is 2. The van der Waals surface area contributed by atoms with Gasteiger partial charge in [0.15, 0.2) is 0 Å². The summed E-state index contributed by atoms with van der Waals surface area (Å²) in [7, 11) is 0. The van der Waals surface area contributed by atoms with Crippen molar-refractivity contribution in [1.29, 1.82) is 0 Å². The molecule has 2 nitrogen and oxygen atoms in total. The Hall–Kier alpha value is 0.620. The van der Waals surface area contributed by atoms with Crippen LogP contribution in [0.25, 0.3) is 0 Å². The molecule has 0 N–H and O–H groups in total. The van der Waals surface area contributed by atoms with Gasteiger partial charge in [0.2, 0.25) is 0 Å². The molecule has 10 heavy (non-hydrogen) atoms. The Morgan fingerprint density at radius 2 is 1.40 bits per heavy atom. The molecule has 0 aromatic carbocycles. The molecule has 4 heteroatoms. The zero-order valence-corrected chi connectivity index (χ0v) is 7.48. The molecule has 0 amide bonds. The SMILES string of the molecule is SCC1COC(CS)CO1. The first-order valence-electron chi connectivity index (χ1n) is 3.31. The standard InChI is InChI=1S/C6H12O2S2/c9-3-5-1-7-6(4-10)2-8-5/h5-6,9-10H,1-4H2. The topological polar surface area (TPSA) is 18.5 Å². The summed E-state index contributed by atoms with van der Waals surface area (Å²) in [6.07, 6.45) is 0.360. The molecular formula is C6H12O2S2. The maximum Gasteiger partial charge on any atom is 0.0897 e. The molecule has 1 aliphatic heterocycles. The van der Waals surface area contributed by atoms with Gasteiger partial charge >= 0.3 is 0 Å². The predicted molar refractivity (Wildman–Crippen MR) is 47.2 cm³/mol. The van der Waals surface area contributed by atoms with E-state index in [1.165, 1.54) is 0 Å². The lowest BCUT2D eigenvalue weighted by Gasteiger charge is -2.27. The van der Waals surface area contributed by atoms with Gasteiger partial charge < -0.3 is 9.47 Å². The van der Waals surface area contributed by atoms with E-state index in [-0.39, 0.29) is 12.2 Å². The molecule has 1 saturated heterocycles. The van der Waals surface area contributed by atoms with Crippen LogP contribution in [-0.2, 0) is 9.47 Å². The van der Waals surface area contributed by atoms with Crippen LogP contribution in [0.3, 0.4) is 0 Å². The maximum absolute atomic E-state index is 5.38. The van der Waals surface area contributed by atoms with Crippen LogP contribution in [0, 0.1) is 0 Å². The van der Waals surface area contributed by atoms with E-state index in [9.17, 15) is 0 Å². The van der Waals surface area contributed by atoms with Gasteiger partial charge in [-0.05, 0) is 0 Å². The molecule has 60 valence electrons. The van der Waals surface area contributed by atoms with Crippen LogP contribution >= 0.6 is 25.3 Å². The first-order chi connectivity index (χ1) is 4.86. The average molecular weight is 180 g/mol. The Labute approximate surface area is 72.1 Å². The third kappa shape index (κ3) is 2.34. The molecule has 2 atom stereocenters. The van der Waals surface area contributed by atoms with E-state index in [2.05, 4.69) is 25.3 Å². The van der Waals surface area contributed by atoms with Crippen molar-refractivity contribution in [2.75, 3.05) is 24.7 Å². The lowest BCUT2D eigenvalue weighted by molar-refractivity contribution is -0.115. The van der Waals surface area contributed by atoms with Crippen LogP contribution in [-0.4, -0.2) is 36.9 Å². The number of hydrogen-bond donors (Lipinski definition) is 2. The highest BCUT2D eigenvalue weighted by molar-refractivity contribution is 7.80. The highest BCUT2D eigenvalue weighted by Crippen LogP contribution is 2.08. The molecule has 1 rings (SSSR count). The lowest BCUT2D eigenvalue weighted by atomic mass is 10.3. The summed E-state index contributed by atoms with van der Waals surface area (Å²) >= 11 is 8.20. The van der Waals surface area contributed by atoms with Gasteiger partial charge in [-0.25, -0.2) is 0 Å². The van der Waals surface area contributed by atoms with E-state index in [1.54, 1.807) is 0 Å². The van der Waals surface area contributed by atoms with Crippen LogP contribution in [0.1, 0.15) is 0 Å². The summed E-state index contributed by atoms with van der Waals surface area (Å²) in [5.74, 6) is 1.47. The molecule has 0 aromatic heterocycles. The average Bonchev–Trinajstić information content (AvgIpc) is 2.05. The van der Waals surface area contributed by atoms with Gasteiger partial charge in [-0.15, -0.1) is 0 Å². The number of ether oxygens (including phenoxy) is 2. The summed E-state index contributed by atoms with van der Waals surface area (Å²) < 4.78 is 10.8. The molecule has 0 spiro atoms.